The molecule has 1 unspecified atom stereocenters. The highest BCUT2D eigenvalue weighted by atomic mass is 32.1. The normalized spacial score (nSPS) is 20.3. The molecule has 1 saturated heterocycles. The molecule has 1 atom stereocenters. The van der Waals surface area contributed by atoms with Crippen LogP contribution < -0.4 is 15.1 Å². The number of benzene rings is 1. The molecule has 1 aromatic rings. The number of nitrogens with one attached hydrogen (secondary N) is 2. The van der Waals surface area contributed by atoms with E-state index in [1.807, 2.05) is 0 Å². The highest BCUT2D eigenvalue weighted by Crippen LogP contribution is 2.22. The summed E-state index contributed by atoms with van der Waals surface area (Å²) in [4.78, 5) is 3.71. The summed E-state index contributed by atoms with van der Waals surface area (Å²) >= 11 is 5.41. The van der Waals surface area contributed by atoms with E-state index in [2.05, 4.69) is 49.2 Å². The summed E-state index contributed by atoms with van der Waals surface area (Å²) in [6, 6.07) is 6.39. The van der Waals surface area contributed by atoms with Gasteiger partial charge in [-0.05, 0) is 50.2 Å². The van der Waals surface area contributed by atoms with Gasteiger partial charge < -0.3 is 10.2 Å². The lowest BCUT2D eigenvalue weighted by molar-refractivity contribution is -0.901. The molecule has 1 fully saturated rings. The molecular formula is C13H20N3S+. The Morgan fingerprint density at radius 2 is 2.18 bits per heavy atom. The van der Waals surface area contributed by atoms with Crippen molar-refractivity contribution in [1.82, 2.24) is 5.32 Å². The Balaban J connectivity index is 2.31. The molecule has 4 heteroatoms. The zero-order chi connectivity index (χ0) is 12.4. The largest absolute Gasteiger partial charge is 0.315 e. The van der Waals surface area contributed by atoms with Crippen molar-refractivity contribution in [2.24, 2.45) is 0 Å². The van der Waals surface area contributed by atoms with Crippen molar-refractivity contribution in [3.05, 3.63) is 29.3 Å². The first kappa shape index (κ1) is 12.3. The second kappa shape index (κ2) is 5.02. The predicted octanol–water partition coefficient (Wildman–Crippen LogP) is 0.818. The summed E-state index contributed by atoms with van der Waals surface area (Å²) in [7, 11) is 0. The summed E-state index contributed by atoms with van der Waals surface area (Å²) in [6.45, 7) is 9.49. The molecule has 1 heterocycles. The Kier molecular flexibility index (Phi) is 3.64. The summed E-state index contributed by atoms with van der Waals surface area (Å²) < 4.78 is 0. The van der Waals surface area contributed by atoms with Gasteiger partial charge in [0.15, 0.2) is 18.4 Å². The predicted molar refractivity (Wildman–Crippen MR) is 75.4 cm³/mol. The summed E-state index contributed by atoms with van der Waals surface area (Å²) in [5.74, 6) is 0. The minimum Gasteiger partial charge on any atom is -0.315 e. The highest BCUT2D eigenvalue weighted by Gasteiger charge is 2.24. The maximum Gasteiger partial charge on any atom is 0.182 e. The van der Waals surface area contributed by atoms with E-state index in [1.54, 1.807) is 0 Å². The van der Waals surface area contributed by atoms with Crippen LogP contribution in [0, 0.1) is 13.8 Å². The van der Waals surface area contributed by atoms with Crippen molar-refractivity contribution in [3.8, 4) is 0 Å². The lowest BCUT2D eigenvalue weighted by Gasteiger charge is -2.35. The second-order valence-electron chi connectivity index (χ2n) is 4.57. The molecular weight excluding hydrogens is 230 g/mol. The fraction of sp³-hybridized carbons (Fsp3) is 0.462. The fourth-order valence-electron chi connectivity index (χ4n) is 2.11. The quantitative estimate of drug-likeness (QED) is 0.758. The molecule has 1 aromatic carbocycles. The Hall–Kier alpha value is -1.13. The molecule has 0 aliphatic carbocycles. The molecule has 0 bridgehead atoms. The van der Waals surface area contributed by atoms with Crippen LogP contribution in [0.5, 0.6) is 0 Å². The van der Waals surface area contributed by atoms with Crippen LogP contribution in [0.4, 0.5) is 5.69 Å². The van der Waals surface area contributed by atoms with Crippen molar-refractivity contribution >= 4 is 23.0 Å². The third-order valence-corrected chi connectivity index (χ3v) is 3.85. The molecule has 0 amide bonds. The molecule has 0 aromatic heterocycles. The highest BCUT2D eigenvalue weighted by molar-refractivity contribution is 7.80. The minimum absolute atomic E-state index is 0.843. The van der Waals surface area contributed by atoms with E-state index in [0.717, 1.165) is 25.0 Å². The van der Waals surface area contributed by atoms with E-state index in [9.17, 15) is 0 Å². The Morgan fingerprint density at radius 1 is 1.41 bits per heavy atom. The van der Waals surface area contributed by atoms with Crippen LogP contribution in [0.15, 0.2) is 18.2 Å². The maximum absolute atomic E-state index is 5.41. The van der Waals surface area contributed by atoms with Crippen LogP contribution in [0.1, 0.15) is 18.1 Å². The Bertz CT molecular complexity index is 431. The second-order valence-corrected chi connectivity index (χ2v) is 4.95. The van der Waals surface area contributed by atoms with E-state index < -0.39 is 0 Å². The van der Waals surface area contributed by atoms with Gasteiger partial charge in [0.1, 0.15) is 0 Å². The van der Waals surface area contributed by atoms with E-state index in [-0.39, 0.29) is 0 Å². The molecule has 1 aliphatic heterocycles. The van der Waals surface area contributed by atoms with Gasteiger partial charge >= 0.3 is 0 Å². The lowest BCUT2D eigenvalue weighted by Crippen LogP contribution is -3.17. The van der Waals surface area contributed by atoms with Gasteiger partial charge in [0, 0.05) is 0 Å². The van der Waals surface area contributed by atoms with Crippen LogP contribution in [-0.4, -0.2) is 25.0 Å². The molecule has 1 aliphatic rings. The minimum atomic E-state index is 0.843. The van der Waals surface area contributed by atoms with Crippen molar-refractivity contribution in [2.75, 3.05) is 24.8 Å². The maximum atomic E-state index is 5.41. The summed E-state index contributed by atoms with van der Waals surface area (Å²) in [5, 5.41) is 4.14. The monoisotopic (exact) mass is 250 g/mol. The SMILES string of the molecule is CC[NH+]1CNC(=S)N(c2cccc(C)c2C)C1. The smallest absolute Gasteiger partial charge is 0.182 e. The molecule has 0 radical (unpaired) electrons. The first-order valence-corrected chi connectivity index (χ1v) is 6.49. The molecule has 2 rings (SSSR count). The zero-order valence-electron chi connectivity index (χ0n) is 10.7. The summed E-state index contributed by atoms with van der Waals surface area (Å²) in [6.07, 6.45) is 0. The topological polar surface area (TPSA) is 19.7 Å². The fourth-order valence-corrected chi connectivity index (χ4v) is 2.34. The molecule has 17 heavy (non-hydrogen) atoms. The van der Waals surface area contributed by atoms with Crippen molar-refractivity contribution in [2.45, 2.75) is 20.8 Å². The number of thiocarbonyl (C=S) groups is 1. The van der Waals surface area contributed by atoms with Crippen molar-refractivity contribution in [1.29, 1.82) is 0 Å². The van der Waals surface area contributed by atoms with Crippen LogP contribution in [0.3, 0.4) is 0 Å². The van der Waals surface area contributed by atoms with Gasteiger partial charge in [0.2, 0.25) is 0 Å². The van der Waals surface area contributed by atoms with E-state index in [0.29, 0.717) is 0 Å². The molecule has 3 nitrogen and oxygen atoms in total. The number of hydrogen-bond acceptors (Lipinski definition) is 1. The van der Waals surface area contributed by atoms with E-state index in [4.69, 9.17) is 12.2 Å². The molecule has 2 N–H and O–H groups in total. The Morgan fingerprint density at radius 3 is 2.88 bits per heavy atom. The van der Waals surface area contributed by atoms with Crippen molar-refractivity contribution in [3.63, 3.8) is 0 Å². The van der Waals surface area contributed by atoms with Crippen LogP contribution >= 0.6 is 12.2 Å². The van der Waals surface area contributed by atoms with Gasteiger partial charge in [0.25, 0.3) is 0 Å². The van der Waals surface area contributed by atoms with Crippen molar-refractivity contribution < 1.29 is 4.90 Å². The number of nitrogens with zero attached hydrogens (tertiary/aromatic N) is 1. The Labute approximate surface area is 108 Å². The van der Waals surface area contributed by atoms with Gasteiger partial charge in [-0.15, -0.1) is 0 Å². The standard InChI is InChI=1S/C13H19N3S/c1-4-15-8-14-13(17)16(9-15)12-7-5-6-10(2)11(12)3/h5-7H,4,8-9H2,1-3H3,(H,14,17)/p+1. The van der Waals surface area contributed by atoms with Crippen LogP contribution in [0.25, 0.3) is 0 Å². The molecule has 92 valence electrons. The molecule has 0 saturated carbocycles. The van der Waals surface area contributed by atoms with Crippen LogP contribution in [0.2, 0.25) is 0 Å². The number of anilines is 1. The summed E-state index contributed by atoms with van der Waals surface area (Å²) in [5.41, 5.74) is 3.86. The van der Waals surface area contributed by atoms with Gasteiger partial charge in [-0.1, -0.05) is 12.1 Å². The average Bonchev–Trinajstić information content (AvgIpc) is 2.34. The third kappa shape index (κ3) is 2.42. The first-order valence-electron chi connectivity index (χ1n) is 6.08. The molecule has 0 spiro atoms. The third-order valence-electron chi connectivity index (χ3n) is 3.48. The van der Waals surface area contributed by atoms with Gasteiger partial charge in [-0.2, -0.15) is 0 Å². The van der Waals surface area contributed by atoms with Gasteiger partial charge in [-0.3, -0.25) is 4.90 Å². The van der Waals surface area contributed by atoms with Gasteiger partial charge in [-0.25, -0.2) is 0 Å². The van der Waals surface area contributed by atoms with E-state index >= 15 is 0 Å². The van der Waals surface area contributed by atoms with E-state index in [1.165, 1.54) is 21.7 Å². The number of aryl methyl sites for hydroxylation is 1. The number of quaternary nitrogens is 1. The van der Waals surface area contributed by atoms with Crippen LogP contribution in [-0.2, 0) is 0 Å². The zero-order valence-corrected chi connectivity index (χ0v) is 11.5. The lowest BCUT2D eigenvalue weighted by atomic mass is 10.1. The first-order chi connectivity index (χ1) is 8.13. The van der Waals surface area contributed by atoms with Gasteiger partial charge in [0.05, 0.1) is 12.2 Å². The number of rotatable bonds is 2. The number of hydrogen-bond donors (Lipinski definition) is 2. The average molecular weight is 250 g/mol.